The lowest BCUT2D eigenvalue weighted by molar-refractivity contribution is -0.139. The number of carbonyl (C=O) groups excluding carboxylic acids is 2. The standard InChI is InChI=1S/C19H26O4/c1-4-6-7-15(5-2)14-23-18(20)13-10-16-8-11-17(12-9-16)19(21)22-3/h8-13,15H,4-7,14H2,1-3H3/b13-10+. The Kier molecular flexibility index (Phi) is 8.73. The summed E-state index contributed by atoms with van der Waals surface area (Å²) in [7, 11) is 1.34. The van der Waals surface area contributed by atoms with Gasteiger partial charge in [-0.1, -0.05) is 45.2 Å². The van der Waals surface area contributed by atoms with Gasteiger partial charge in [-0.05, 0) is 36.1 Å². The number of hydrogen-bond donors (Lipinski definition) is 0. The van der Waals surface area contributed by atoms with Gasteiger partial charge in [0, 0.05) is 6.08 Å². The Morgan fingerprint density at radius 3 is 2.43 bits per heavy atom. The smallest absolute Gasteiger partial charge is 0.337 e. The molecule has 0 radical (unpaired) electrons. The molecule has 0 saturated carbocycles. The van der Waals surface area contributed by atoms with E-state index in [-0.39, 0.29) is 11.9 Å². The van der Waals surface area contributed by atoms with Gasteiger partial charge in [-0.15, -0.1) is 0 Å². The van der Waals surface area contributed by atoms with Crippen LogP contribution in [0.3, 0.4) is 0 Å². The van der Waals surface area contributed by atoms with Crippen LogP contribution in [0.5, 0.6) is 0 Å². The summed E-state index contributed by atoms with van der Waals surface area (Å²) >= 11 is 0. The fraction of sp³-hybridized carbons (Fsp3) is 0.474. The molecule has 0 aliphatic heterocycles. The molecule has 1 aromatic rings. The highest BCUT2D eigenvalue weighted by molar-refractivity contribution is 5.90. The first kappa shape index (κ1) is 18.9. The van der Waals surface area contributed by atoms with E-state index in [0.717, 1.165) is 24.8 Å². The Bertz CT molecular complexity index is 517. The maximum absolute atomic E-state index is 11.7. The van der Waals surface area contributed by atoms with E-state index in [1.165, 1.54) is 19.6 Å². The summed E-state index contributed by atoms with van der Waals surface area (Å²) in [5.41, 5.74) is 1.31. The van der Waals surface area contributed by atoms with Crippen LogP contribution in [0, 0.1) is 5.92 Å². The Labute approximate surface area is 138 Å². The summed E-state index contributed by atoms with van der Waals surface area (Å²) < 4.78 is 9.93. The largest absolute Gasteiger partial charge is 0.465 e. The molecular weight excluding hydrogens is 292 g/mol. The average molecular weight is 318 g/mol. The lowest BCUT2D eigenvalue weighted by Gasteiger charge is -2.13. The monoisotopic (exact) mass is 318 g/mol. The Morgan fingerprint density at radius 2 is 1.87 bits per heavy atom. The summed E-state index contributed by atoms with van der Waals surface area (Å²) in [6.45, 7) is 4.75. The molecule has 1 aromatic carbocycles. The topological polar surface area (TPSA) is 52.6 Å². The molecule has 0 N–H and O–H groups in total. The first-order chi connectivity index (χ1) is 11.1. The maximum atomic E-state index is 11.7. The molecule has 0 aliphatic rings. The second-order valence-corrected chi connectivity index (χ2v) is 5.49. The molecule has 0 spiro atoms. The molecule has 1 unspecified atom stereocenters. The van der Waals surface area contributed by atoms with Crippen LogP contribution in [-0.2, 0) is 14.3 Å². The number of ether oxygens (including phenoxy) is 2. The fourth-order valence-corrected chi connectivity index (χ4v) is 2.16. The maximum Gasteiger partial charge on any atom is 0.337 e. The lowest BCUT2D eigenvalue weighted by Crippen LogP contribution is -2.12. The highest BCUT2D eigenvalue weighted by Crippen LogP contribution is 2.13. The van der Waals surface area contributed by atoms with Crippen LogP contribution in [0.2, 0.25) is 0 Å². The number of rotatable bonds is 9. The van der Waals surface area contributed by atoms with Crippen LogP contribution in [0.4, 0.5) is 0 Å². The number of esters is 2. The van der Waals surface area contributed by atoms with Gasteiger partial charge in [0.1, 0.15) is 0 Å². The van der Waals surface area contributed by atoms with Gasteiger partial charge in [-0.2, -0.15) is 0 Å². The fourth-order valence-electron chi connectivity index (χ4n) is 2.16. The van der Waals surface area contributed by atoms with Gasteiger partial charge in [0.2, 0.25) is 0 Å². The molecule has 23 heavy (non-hydrogen) atoms. The third kappa shape index (κ3) is 7.13. The Hall–Kier alpha value is -2.10. The van der Waals surface area contributed by atoms with E-state index in [4.69, 9.17) is 4.74 Å². The number of carbonyl (C=O) groups is 2. The van der Waals surface area contributed by atoms with E-state index in [1.807, 2.05) is 0 Å². The first-order valence-corrected chi connectivity index (χ1v) is 8.13. The molecule has 0 saturated heterocycles. The van der Waals surface area contributed by atoms with E-state index >= 15 is 0 Å². The van der Waals surface area contributed by atoms with Gasteiger partial charge in [0.25, 0.3) is 0 Å². The molecule has 0 fully saturated rings. The molecule has 126 valence electrons. The van der Waals surface area contributed by atoms with Crippen molar-refractivity contribution in [2.45, 2.75) is 39.5 Å². The van der Waals surface area contributed by atoms with Crippen molar-refractivity contribution in [2.75, 3.05) is 13.7 Å². The molecular formula is C19H26O4. The summed E-state index contributed by atoms with van der Waals surface area (Å²) in [5.74, 6) is -0.277. The van der Waals surface area contributed by atoms with Crippen LogP contribution in [-0.4, -0.2) is 25.7 Å². The lowest BCUT2D eigenvalue weighted by atomic mass is 10.0. The molecule has 0 bridgehead atoms. The zero-order chi connectivity index (χ0) is 17.1. The molecule has 4 nitrogen and oxygen atoms in total. The van der Waals surface area contributed by atoms with Crippen LogP contribution < -0.4 is 0 Å². The predicted molar refractivity (Wildman–Crippen MR) is 91.1 cm³/mol. The Morgan fingerprint density at radius 1 is 1.17 bits per heavy atom. The molecule has 0 amide bonds. The van der Waals surface area contributed by atoms with Gasteiger partial charge in [-0.25, -0.2) is 9.59 Å². The molecule has 1 atom stereocenters. The minimum Gasteiger partial charge on any atom is -0.465 e. The van der Waals surface area contributed by atoms with E-state index in [1.54, 1.807) is 30.3 Å². The number of unbranched alkanes of at least 4 members (excludes halogenated alkanes) is 1. The SMILES string of the molecule is CCCCC(CC)COC(=O)/C=C/c1ccc(C(=O)OC)cc1. The summed E-state index contributed by atoms with van der Waals surface area (Å²) in [6.07, 6.45) is 7.53. The molecule has 1 rings (SSSR count). The molecule has 0 aliphatic carbocycles. The summed E-state index contributed by atoms with van der Waals surface area (Å²) in [5, 5.41) is 0. The normalized spacial score (nSPS) is 12.1. The van der Waals surface area contributed by atoms with E-state index in [2.05, 4.69) is 18.6 Å². The van der Waals surface area contributed by atoms with Crippen LogP contribution in [0.15, 0.2) is 30.3 Å². The molecule has 0 heterocycles. The highest BCUT2D eigenvalue weighted by atomic mass is 16.5. The number of hydrogen-bond acceptors (Lipinski definition) is 4. The van der Waals surface area contributed by atoms with Gasteiger partial charge >= 0.3 is 11.9 Å². The van der Waals surface area contributed by atoms with Crippen molar-refractivity contribution in [1.29, 1.82) is 0 Å². The van der Waals surface area contributed by atoms with Crippen molar-refractivity contribution in [1.82, 2.24) is 0 Å². The average Bonchev–Trinajstić information content (AvgIpc) is 2.59. The van der Waals surface area contributed by atoms with Crippen molar-refractivity contribution in [3.05, 3.63) is 41.5 Å². The number of methoxy groups -OCH3 is 1. The van der Waals surface area contributed by atoms with Crippen molar-refractivity contribution >= 4 is 18.0 Å². The quantitative estimate of drug-likeness (QED) is 0.504. The zero-order valence-electron chi connectivity index (χ0n) is 14.2. The van der Waals surface area contributed by atoms with Crippen molar-refractivity contribution < 1.29 is 19.1 Å². The highest BCUT2D eigenvalue weighted by Gasteiger charge is 2.08. The predicted octanol–water partition coefficient (Wildman–Crippen LogP) is 4.25. The van der Waals surface area contributed by atoms with Crippen LogP contribution >= 0.6 is 0 Å². The van der Waals surface area contributed by atoms with Crippen LogP contribution in [0.25, 0.3) is 6.08 Å². The second-order valence-electron chi connectivity index (χ2n) is 5.49. The van der Waals surface area contributed by atoms with E-state index < -0.39 is 0 Å². The van der Waals surface area contributed by atoms with Gasteiger partial charge in [0.15, 0.2) is 0 Å². The van der Waals surface area contributed by atoms with Gasteiger partial charge in [0.05, 0.1) is 19.3 Å². The third-order valence-corrected chi connectivity index (χ3v) is 3.75. The Balaban J connectivity index is 2.46. The summed E-state index contributed by atoms with van der Waals surface area (Å²) in [4.78, 5) is 23.1. The van der Waals surface area contributed by atoms with Crippen molar-refractivity contribution in [3.63, 3.8) is 0 Å². The minimum absolute atomic E-state index is 0.336. The first-order valence-electron chi connectivity index (χ1n) is 8.13. The zero-order valence-corrected chi connectivity index (χ0v) is 14.2. The van der Waals surface area contributed by atoms with Gasteiger partial charge < -0.3 is 9.47 Å². The number of benzene rings is 1. The van der Waals surface area contributed by atoms with E-state index in [9.17, 15) is 9.59 Å². The summed E-state index contributed by atoms with van der Waals surface area (Å²) in [6, 6.07) is 6.83. The molecule has 0 aromatic heterocycles. The van der Waals surface area contributed by atoms with Crippen molar-refractivity contribution in [3.8, 4) is 0 Å². The third-order valence-electron chi connectivity index (χ3n) is 3.75. The molecule has 4 heteroatoms. The van der Waals surface area contributed by atoms with Gasteiger partial charge in [-0.3, -0.25) is 0 Å². The minimum atomic E-state index is -0.377. The van der Waals surface area contributed by atoms with Crippen LogP contribution in [0.1, 0.15) is 55.5 Å². The van der Waals surface area contributed by atoms with E-state index in [0.29, 0.717) is 18.1 Å². The van der Waals surface area contributed by atoms with Crippen molar-refractivity contribution in [2.24, 2.45) is 5.92 Å². The second kappa shape index (κ2) is 10.6.